The SMILES string of the molecule is CCCCCCCC1CCC(CCc2ccc(C3CCC(C#N)CC3)cc2)CC1. The summed E-state index contributed by atoms with van der Waals surface area (Å²) < 4.78 is 0. The molecule has 2 aliphatic carbocycles. The van der Waals surface area contributed by atoms with Crippen molar-refractivity contribution in [1.82, 2.24) is 0 Å². The van der Waals surface area contributed by atoms with Gasteiger partial charge in [0.2, 0.25) is 0 Å². The predicted molar refractivity (Wildman–Crippen MR) is 124 cm³/mol. The molecular formula is C28H43N. The van der Waals surface area contributed by atoms with E-state index >= 15 is 0 Å². The van der Waals surface area contributed by atoms with Gasteiger partial charge in [0.25, 0.3) is 0 Å². The van der Waals surface area contributed by atoms with E-state index in [1.807, 2.05) is 0 Å². The van der Waals surface area contributed by atoms with Crippen LogP contribution >= 0.6 is 0 Å². The molecule has 0 bridgehead atoms. The van der Waals surface area contributed by atoms with Gasteiger partial charge in [-0.3, -0.25) is 0 Å². The number of nitrogens with zero attached hydrogens (tertiary/aromatic N) is 1. The van der Waals surface area contributed by atoms with Gasteiger partial charge in [-0.1, -0.05) is 95.4 Å². The van der Waals surface area contributed by atoms with Gasteiger partial charge < -0.3 is 0 Å². The summed E-state index contributed by atoms with van der Waals surface area (Å²) in [5.74, 6) is 2.99. The van der Waals surface area contributed by atoms with Crippen LogP contribution in [0, 0.1) is 29.1 Å². The standard InChI is InChI=1S/C28H43N/c1-2-3-4-5-6-7-23-8-10-24(11-9-23)12-13-25-14-18-27(19-15-25)28-20-16-26(22-29)17-21-28/h14-15,18-19,23-24,26,28H,2-13,16-17,20-21H2,1H3. The molecule has 1 nitrogen and oxygen atoms in total. The summed E-state index contributed by atoms with van der Waals surface area (Å²) >= 11 is 0. The van der Waals surface area contributed by atoms with Crippen molar-refractivity contribution in [3.8, 4) is 6.07 Å². The van der Waals surface area contributed by atoms with Crippen molar-refractivity contribution < 1.29 is 0 Å². The zero-order chi connectivity index (χ0) is 20.3. The number of hydrogen-bond acceptors (Lipinski definition) is 1. The first-order chi connectivity index (χ1) is 14.3. The van der Waals surface area contributed by atoms with Crippen molar-refractivity contribution in [3.05, 3.63) is 35.4 Å². The fourth-order valence-corrected chi connectivity index (χ4v) is 5.73. The second-order valence-electron chi connectivity index (χ2n) is 10.0. The van der Waals surface area contributed by atoms with Crippen molar-refractivity contribution in [3.63, 3.8) is 0 Å². The molecule has 1 aromatic rings. The molecule has 29 heavy (non-hydrogen) atoms. The number of hydrogen-bond donors (Lipinski definition) is 0. The quantitative estimate of drug-likeness (QED) is 0.365. The minimum Gasteiger partial charge on any atom is -0.198 e. The topological polar surface area (TPSA) is 23.8 Å². The molecule has 160 valence electrons. The minimum absolute atomic E-state index is 0.307. The van der Waals surface area contributed by atoms with Crippen LogP contribution in [0.25, 0.3) is 0 Å². The Kier molecular flexibility index (Phi) is 9.59. The molecule has 0 heterocycles. The first-order valence-electron chi connectivity index (χ1n) is 12.8. The van der Waals surface area contributed by atoms with Crippen molar-refractivity contribution in [2.75, 3.05) is 0 Å². The Hall–Kier alpha value is -1.29. The molecule has 0 amide bonds. The second kappa shape index (κ2) is 12.4. The van der Waals surface area contributed by atoms with Crippen LogP contribution in [-0.2, 0) is 6.42 Å². The van der Waals surface area contributed by atoms with Gasteiger partial charge in [-0.25, -0.2) is 0 Å². The normalized spacial score (nSPS) is 27.4. The molecule has 3 rings (SSSR count). The minimum atomic E-state index is 0.307. The van der Waals surface area contributed by atoms with Gasteiger partial charge in [-0.15, -0.1) is 0 Å². The zero-order valence-electron chi connectivity index (χ0n) is 18.9. The molecule has 2 fully saturated rings. The van der Waals surface area contributed by atoms with E-state index in [-0.39, 0.29) is 0 Å². The van der Waals surface area contributed by atoms with Crippen LogP contribution in [0.15, 0.2) is 24.3 Å². The molecule has 0 N–H and O–H groups in total. The van der Waals surface area contributed by atoms with E-state index in [2.05, 4.69) is 37.3 Å². The van der Waals surface area contributed by atoms with Crippen LogP contribution < -0.4 is 0 Å². The molecule has 0 aliphatic heterocycles. The van der Waals surface area contributed by atoms with Gasteiger partial charge in [-0.05, 0) is 67.4 Å². The van der Waals surface area contributed by atoms with Gasteiger partial charge >= 0.3 is 0 Å². The van der Waals surface area contributed by atoms with Crippen LogP contribution in [0.5, 0.6) is 0 Å². The molecule has 1 heteroatoms. The van der Waals surface area contributed by atoms with Gasteiger partial charge in [-0.2, -0.15) is 5.26 Å². The summed E-state index contributed by atoms with van der Waals surface area (Å²) in [6.07, 6.45) is 21.8. The number of aryl methyl sites for hydroxylation is 1. The van der Waals surface area contributed by atoms with Gasteiger partial charge in [0, 0.05) is 5.92 Å². The fourth-order valence-electron chi connectivity index (χ4n) is 5.73. The van der Waals surface area contributed by atoms with Crippen LogP contribution in [0.2, 0.25) is 0 Å². The highest BCUT2D eigenvalue weighted by atomic mass is 14.3. The molecule has 0 spiro atoms. The van der Waals surface area contributed by atoms with Crippen LogP contribution in [0.1, 0.15) is 120 Å². The van der Waals surface area contributed by atoms with E-state index in [0.717, 1.165) is 24.7 Å². The van der Waals surface area contributed by atoms with Gasteiger partial charge in [0.15, 0.2) is 0 Å². The maximum absolute atomic E-state index is 9.08. The lowest BCUT2D eigenvalue weighted by Crippen LogP contribution is -2.15. The Bertz CT molecular complexity index is 594. The second-order valence-corrected chi connectivity index (χ2v) is 10.0. The molecular weight excluding hydrogens is 350 g/mol. The van der Waals surface area contributed by atoms with E-state index < -0.39 is 0 Å². The van der Waals surface area contributed by atoms with Crippen molar-refractivity contribution in [2.45, 2.75) is 116 Å². The third-order valence-electron chi connectivity index (χ3n) is 7.88. The Morgan fingerprint density at radius 1 is 0.759 bits per heavy atom. The molecule has 2 aliphatic rings. The third-order valence-corrected chi connectivity index (χ3v) is 7.88. The molecule has 0 atom stereocenters. The van der Waals surface area contributed by atoms with E-state index in [9.17, 15) is 0 Å². The van der Waals surface area contributed by atoms with Gasteiger partial charge in [0.1, 0.15) is 0 Å². The summed E-state index contributed by atoms with van der Waals surface area (Å²) in [6.45, 7) is 2.30. The Labute approximate surface area is 180 Å². The van der Waals surface area contributed by atoms with E-state index in [1.54, 1.807) is 0 Å². The van der Waals surface area contributed by atoms with Crippen molar-refractivity contribution in [2.24, 2.45) is 17.8 Å². The number of rotatable bonds is 10. The Balaban J connectivity index is 1.31. The zero-order valence-corrected chi connectivity index (χ0v) is 18.9. The van der Waals surface area contributed by atoms with Gasteiger partial charge in [0.05, 0.1) is 6.07 Å². The van der Waals surface area contributed by atoms with Crippen molar-refractivity contribution in [1.29, 1.82) is 5.26 Å². The highest BCUT2D eigenvalue weighted by Gasteiger charge is 2.22. The lowest BCUT2D eigenvalue weighted by molar-refractivity contribution is 0.248. The summed E-state index contributed by atoms with van der Waals surface area (Å²) in [5.41, 5.74) is 3.03. The summed E-state index contributed by atoms with van der Waals surface area (Å²) in [6, 6.07) is 12.0. The highest BCUT2D eigenvalue weighted by Crippen LogP contribution is 2.36. The van der Waals surface area contributed by atoms with Crippen LogP contribution in [0.3, 0.4) is 0 Å². The largest absolute Gasteiger partial charge is 0.198 e. The van der Waals surface area contributed by atoms with E-state index in [0.29, 0.717) is 11.8 Å². The summed E-state index contributed by atoms with van der Waals surface area (Å²) in [7, 11) is 0. The smallest absolute Gasteiger partial charge is 0.0655 e. The monoisotopic (exact) mass is 393 g/mol. The molecule has 0 aromatic heterocycles. The van der Waals surface area contributed by atoms with Crippen molar-refractivity contribution >= 4 is 0 Å². The van der Waals surface area contributed by atoms with Crippen LogP contribution in [0.4, 0.5) is 0 Å². The average molecular weight is 394 g/mol. The number of benzene rings is 1. The average Bonchev–Trinajstić information content (AvgIpc) is 2.79. The molecule has 0 unspecified atom stereocenters. The number of nitriles is 1. The third kappa shape index (κ3) is 7.47. The highest BCUT2D eigenvalue weighted by molar-refractivity contribution is 5.26. The Morgan fingerprint density at radius 3 is 2.00 bits per heavy atom. The summed E-state index contributed by atoms with van der Waals surface area (Å²) in [4.78, 5) is 0. The fraction of sp³-hybridized carbons (Fsp3) is 0.750. The maximum atomic E-state index is 9.08. The predicted octanol–water partition coefficient (Wildman–Crippen LogP) is 8.58. The Morgan fingerprint density at radius 2 is 1.38 bits per heavy atom. The van der Waals surface area contributed by atoms with Crippen LogP contribution in [-0.4, -0.2) is 0 Å². The molecule has 0 radical (unpaired) electrons. The van der Waals surface area contributed by atoms with E-state index in [1.165, 1.54) is 101 Å². The van der Waals surface area contributed by atoms with E-state index in [4.69, 9.17) is 5.26 Å². The molecule has 1 aromatic carbocycles. The maximum Gasteiger partial charge on any atom is 0.0655 e. The summed E-state index contributed by atoms with van der Waals surface area (Å²) in [5, 5.41) is 9.08. The number of unbranched alkanes of at least 4 members (excludes halogenated alkanes) is 4. The lowest BCUT2D eigenvalue weighted by atomic mass is 9.77. The molecule has 0 saturated heterocycles. The molecule has 2 saturated carbocycles. The first-order valence-corrected chi connectivity index (χ1v) is 12.8. The first kappa shape index (κ1) is 22.4. The lowest BCUT2D eigenvalue weighted by Gasteiger charge is -2.28.